The first-order chi connectivity index (χ1) is 9.74. The molecule has 6 heteroatoms. The van der Waals surface area contributed by atoms with Crippen molar-refractivity contribution in [1.82, 2.24) is 25.1 Å². The number of aromatic amines is 1. The van der Waals surface area contributed by atoms with Crippen molar-refractivity contribution in [3.63, 3.8) is 0 Å². The molecule has 0 radical (unpaired) electrons. The van der Waals surface area contributed by atoms with E-state index in [-0.39, 0.29) is 0 Å². The fourth-order valence-electron chi connectivity index (χ4n) is 2.06. The molecule has 1 N–H and O–H groups in total. The zero-order chi connectivity index (χ0) is 13.9. The van der Waals surface area contributed by atoms with E-state index in [9.17, 15) is 0 Å². The van der Waals surface area contributed by atoms with E-state index in [1.54, 1.807) is 17.7 Å². The largest absolute Gasteiger partial charge is 0.305 e. The van der Waals surface area contributed by atoms with Crippen LogP contribution in [0.5, 0.6) is 0 Å². The van der Waals surface area contributed by atoms with Crippen molar-refractivity contribution in [3.05, 3.63) is 42.5 Å². The number of rotatable bonds is 4. The third kappa shape index (κ3) is 2.61. The average molecular weight is 285 g/mol. The van der Waals surface area contributed by atoms with E-state index in [1.165, 1.54) is 16.0 Å². The lowest BCUT2D eigenvalue weighted by molar-refractivity contribution is 0.403. The summed E-state index contributed by atoms with van der Waals surface area (Å²) in [5, 5.41) is 6.90. The fraction of sp³-hybridized carbons (Fsp3) is 0.214. The molecule has 0 aromatic carbocycles. The first-order valence-corrected chi connectivity index (χ1v) is 7.09. The standard InChI is InChI=1S/C14H15N5S/c1-19(2)8-11-7-12(10-3-5-15-6-4-10)20-13(11)14-16-9-17-18-14/h3-7,9H,8H2,1-2H3,(H,16,17,18). The number of H-pyrrole nitrogens is 1. The molecule has 0 aliphatic carbocycles. The Labute approximate surface area is 121 Å². The van der Waals surface area contributed by atoms with Gasteiger partial charge in [-0.05, 0) is 43.4 Å². The zero-order valence-electron chi connectivity index (χ0n) is 11.4. The van der Waals surface area contributed by atoms with Crippen molar-refractivity contribution in [1.29, 1.82) is 0 Å². The number of hydrogen-bond donors (Lipinski definition) is 1. The van der Waals surface area contributed by atoms with Crippen LogP contribution in [-0.4, -0.2) is 39.2 Å². The minimum absolute atomic E-state index is 0.826. The highest BCUT2D eigenvalue weighted by molar-refractivity contribution is 7.19. The maximum absolute atomic E-state index is 4.27. The number of pyridine rings is 1. The van der Waals surface area contributed by atoms with Crippen molar-refractivity contribution in [2.24, 2.45) is 0 Å². The summed E-state index contributed by atoms with van der Waals surface area (Å²) >= 11 is 1.72. The molecule has 0 atom stereocenters. The minimum Gasteiger partial charge on any atom is -0.305 e. The number of nitrogens with one attached hydrogen (secondary N) is 1. The van der Waals surface area contributed by atoms with Crippen LogP contribution in [0.25, 0.3) is 21.1 Å². The van der Waals surface area contributed by atoms with Gasteiger partial charge in [0.2, 0.25) is 0 Å². The molecule has 0 aliphatic rings. The molecule has 3 heterocycles. The summed E-state index contributed by atoms with van der Waals surface area (Å²) in [6.07, 6.45) is 5.17. The molecule has 0 saturated heterocycles. The maximum atomic E-state index is 4.27. The van der Waals surface area contributed by atoms with Gasteiger partial charge in [0.15, 0.2) is 5.82 Å². The van der Waals surface area contributed by atoms with Crippen LogP contribution in [0.4, 0.5) is 0 Å². The molecule has 0 bridgehead atoms. The molecule has 0 aliphatic heterocycles. The van der Waals surface area contributed by atoms with Gasteiger partial charge in [-0.2, -0.15) is 5.10 Å². The lowest BCUT2D eigenvalue weighted by atomic mass is 10.1. The number of aromatic nitrogens is 4. The van der Waals surface area contributed by atoms with E-state index in [0.29, 0.717) is 0 Å². The van der Waals surface area contributed by atoms with Crippen molar-refractivity contribution in [3.8, 4) is 21.1 Å². The minimum atomic E-state index is 0.826. The van der Waals surface area contributed by atoms with Gasteiger partial charge in [-0.1, -0.05) is 0 Å². The van der Waals surface area contributed by atoms with Gasteiger partial charge < -0.3 is 4.90 Å². The van der Waals surface area contributed by atoms with Gasteiger partial charge in [0.05, 0.1) is 4.88 Å². The van der Waals surface area contributed by atoms with Crippen molar-refractivity contribution < 1.29 is 0 Å². The Morgan fingerprint density at radius 2 is 2.05 bits per heavy atom. The third-order valence-corrected chi connectivity index (χ3v) is 4.12. The topological polar surface area (TPSA) is 57.7 Å². The van der Waals surface area contributed by atoms with Crippen LogP contribution in [0, 0.1) is 0 Å². The molecule has 20 heavy (non-hydrogen) atoms. The molecule has 0 saturated carbocycles. The van der Waals surface area contributed by atoms with Gasteiger partial charge >= 0.3 is 0 Å². The van der Waals surface area contributed by atoms with E-state index in [2.05, 4.69) is 45.2 Å². The zero-order valence-corrected chi connectivity index (χ0v) is 12.2. The average Bonchev–Trinajstić information content (AvgIpc) is 3.08. The van der Waals surface area contributed by atoms with Crippen LogP contribution in [0.15, 0.2) is 36.9 Å². The van der Waals surface area contributed by atoms with Crippen LogP contribution in [0.1, 0.15) is 5.56 Å². The van der Waals surface area contributed by atoms with E-state index in [4.69, 9.17) is 0 Å². The van der Waals surface area contributed by atoms with Gasteiger partial charge in [-0.3, -0.25) is 10.1 Å². The Hall–Kier alpha value is -2.05. The monoisotopic (exact) mass is 285 g/mol. The van der Waals surface area contributed by atoms with E-state index in [0.717, 1.165) is 17.2 Å². The summed E-state index contributed by atoms with van der Waals surface area (Å²) in [6, 6.07) is 6.27. The maximum Gasteiger partial charge on any atom is 0.165 e. The number of nitrogens with zero attached hydrogens (tertiary/aromatic N) is 4. The molecule has 3 aromatic heterocycles. The first-order valence-electron chi connectivity index (χ1n) is 6.27. The first kappa shape index (κ1) is 13.0. The highest BCUT2D eigenvalue weighted by Gasteiger charge is 2.14. The Balaban J connectivity index is 2.06. The molecule has 0 fully saturated rings. The van der Waals surface area contributed by atoms with E-state index < -0.39 is 0 Å². The summed E-state index contributed by atoms with van der Waals surface area (Å²) in [4.78, 5) is 12.9. The molecule has 0 amide bonds. The second kappa shape index (κ2) is 5.52. The fourth-order valence-corrected chi connectivity index (χ4v) is 3.19. The number of hydrogen-bond acceptors (Lipinski definition) is 5. The predicted molar refractivity (Wildman–Crippen MR) is 80.3 cm³/mol. The lowest BCUT2D eigenvalue weighted by Gasteiger charge is -2.08. The van der Waals surface area contributed by atoms with Gasteiger partial charge in [-0.25, -0.2) is 4.98 Å². The molecule has 102 valence electrons. The normalized spacial score (nSPS) is 11.2. The summed E-state index contributed by atoms with van der Waals surface area (Å²) in [6.45, 7) is 0.873. The highest BCUT2D eigenvalue weighted by atomic mass is 32.1. The predicted octanol–water partition coefficient (Wildman–Crippen LogP) is 2.66. The second-order valence-corrected chi connectivity index (χ2v) is 5.82. The van der Waals surface area contributed by atoms with Crippen LogP contribution in [0.3, 0.4) is 0 Å². The van der Waals surface area contributed by atoms with Gasteiger partial charge in [0.25, 0.3) is 0 Å². The molecule has 5 nitrogen and oxygen atoms in total. The highest BCUT2D eigenvalue weighted by Crippen LogP contribution is 2.36. The van der Waals surface area contributed by atoms with Crippen LogP contribution < -0.4 is 0 Å². The van der Waals surface area contributed by atoms with Gasteiger partial charge in [-0.15, -0.1) is 11.3 Å². The second-order valence-electron chi connectivity index (χ2n) is 4.77. The lowest BCUT2D eigenvalue weighted by Crippen LogP contribution is -2.10. The van der Waals surface area contributed by atoms with Crippen LogP contribution >= 0.6 is 11.3 Å². The summed E-state index contributed by atoms with van der Waals surface area (Å²) in [7, 11) is 4.13. The quantitative estimate of drug-likeness (QED) is 0.800. The SMILES string of the molecule is CN(C)Cc1cc(-c2ccncc2)sc1-c1ncn[nH]1. The molecule has 3 aromatic rings. The molecule has 0 unspecified atom stereocenters. The molecular formula is C14H15N5S. The Morgan fingerprint density at radius 3 is 2.70 bits per heavy atom. The van der Waals surface area contributed by atoms with E-state index >= 15 is 0 Å². The third-order valence-electron chi connectivity index (χ3n) is 2.89. The van der Waals surface area contributed by atoms with Crippen molar-refractivity contribution in [2.75, 3.05) is 14.1 Å². The Bertz CT molecular complexity index is 673. The Kier molecular flexibility index (Phi) is 3.58. The van der Waals surface area contributed by atoms with Gasteiger partial charge in [0.1, 0.15) is 6.33 Å². The van der Waals surface area contributed by atoms with Crippen molar-refractivity contribution in [2.45, 2.75) is 6.54 Å². The van der Waals surface area contributed by atoms with Crippen molar-refractivity contribution >= 4 is 11.3 Å². The Morgan fingerprint density at radius 1 is 1.25 bits per heavy atom. The molecule has 3 rings (SSSR count). The summed E-state index contributed by atoms with van der Waals surface area (Å²) in [5.74, 6) is 0.826. The van der Waals surface area contributed by atoms with Gasteiger partial charge in [0, 0.05) is 23.8 Å². The smallest absolute Gasteiger partial charge is 0.165 e. The molecule has 0 spiro atoms. The van der Waals surface area contributed by atoms with Crippen LogP contribution in [0.2, 0.25) is 0 Å². The summed E-state index contributed by atoms with van der Waals surface area (Å²) < 4.78 is 0. The summed E-state index contributed by atoms with van der Waals surface area (Å²) in [5.41, 5.74) is 2.43. The molecular weight excluding hydrogens is 270 g/mol. The van der Waals surface area contributed by atoms with E-state index in [1.807, 2.05) is 24.5 Å². The van der Waals surface area contributed by atoms with Crippen LogP contribution in [-0.2, 0) is 6.54 Å². The number of thiophene rings is 1.